The summed E-state index contributed by atoms with van der Waals surface area (Å²) in [5.74, 6) is 0.867. The van der Waals surface area contributed by atoms with Crippen LogP contribution < -0.4 is 10.6 Å². The first-order valence-electron chi connectivity index (χ1n) is 6.47. The Kier molecular flexibility index (Phi) is 3.02. The van der Waals surface area contributed by atoms with E-state index in [9.17, 15) is 0 Å². The molecule has 0 bridgehead atoms. The van der Waals surface area contributed by atoms with Crippen molar-refractivity contribution in [2.75, 3.05) is 17.7 Å². The molecule has 0 saturated carbocycles. The molecular weight excluding hydrogens is 250 g/mol. The van der Waals surface area contributed by atoms with Gasteiger partial charge in [0, 0.05) is 32.5 Å². The zero-order valence-corrected chi connectivity index (χ0v) is 11.6. The zero-order chi connectivity index (χ0) is 14.1. The quantitative estimate of drug-likeness (QED) is 0.739. The van der Waals surface area contributed by atoms with Crippen LogP contribution in [0.1, 0.15) is 5.56 Å². The summed E-state index contributed by atoms with van der Waals surface area (Å²) in [6.45, 7) is 0.704. The van der Waals surface area contributed by atoms with Gasteiger partial charge in [-0.1, -0.05) is 18.2 Å². The fraction of sp³-hybridized carbons (Fsp3) is 0.200. The molecule has 3 rings (SSSR count). The highest BCUT2D eigenvalue weighted by molar-refractivity contribution is 5.86. The van der Waals surface area contributed by atoms with Crippen LogP contribution in [-0.4, -0.2) is 21.6 Å². The summed E-state index contributed by atoms with van der Waals surface area (Å²) in [4.78, 5) is 11.0. The Morgan fingerprint density at radius 1 is 1.20 bits per heavy atom. The van der Waals surface area contributed by atoms with E-state index in [-0.39, 0.29) is 0 Å². The summed E-state index contributed by atoms with van der Waals surface area (Å²) in [7, 11) is 3.98. The first kappa shape index (κ1) is 12.5. The van der Waals surface area contributed by atoms with Crippen LogP contribution in [0.5, 0.6) is 0 Å². The summed E-state index contributed by atoms with van der Waals surface area (Å²) < 4.78 is 1.99. The number of hydrogen-bond donors (Lipinski definition) is 1. The maximum atomic E-state index is 6.00. The minimum Gasteiger partial charge on any atom is -0.398 e. The molecule has 2 aromatic heterocycles. The van der Waals surface area contributed by atoms with E-state index < -0.39 is 0 Å². The lowest BCUT2D eigenvalue weighted by molar-refractivity contribution is 0.904. The predicted molar refractivity (Wildman–Crippen MR) is 81.5 cm³/mol. The maximum Gasteiger partial charge on any atom is 0.156 e. The molecule has 5 heteroatoms. The minimum atomic E-state index is 0.704. The number of pyridine rings is 1. The molecule has 5 nitrogen and oxygen atoms in total. The highest BCUT2D eigenvalue weighted by atomic mass is 15.2. The SMILES string of the molecule is CN(Cc1ccccc1N)c1nccc2c1ncn2C. The number of nitrogens with zero attached hydrogens (tertiary/aromatic N) is 4. The van der Waals surface area contributed by atoms with Crippen molar-refractivity contribution in [1.82, 2.24) is 14.5 Å². The van der Waals surface area contributed by atoms with Crippen LogP contribution in [-0.2, 0) is 13.6 Å². The second-order valence-corrected chi connectivity index (χ2v) is 4.91. The topological polar surface area (TPSA) is 60.0 Å². The molecule has 0 radical (unpaired) electrons. The molecule has 0 aliphatic carbocycles. The average molecular weight is 267 g/mol. The van der Waals surface area contributed by atoms with Gasteiger partial charge in [0.05, 0.1) is 11.8 Å². The molecule has 0 spiro atoms. The van der Waals surface area contributed by atoms with Crippen LogP contribution >= 0.6 is 0 Å². The summed E-state index contributed by atoms with van der Waals surface area (Å²) in [5.41, 5.74) is 9.86. The lowest BCUT2D eigenvalue weighted by atomic mass is 10.1. The van der Waals surface area contributed by atoms with Gasteiger partial charge in [0.2, 0.25) is 0 Å². The van der Waals surface area contributed by atoms with Gasteiger partial charge in [-0.25, -0.2) is 9.97 Å². The number of nitrogen functional groups attached to an aromatic ring is 1. The molecular formula is C15H17N5. The van der Waals surface area contributed by atoms with Crippen molar-refractivity contribution < 1.29 is 0 Å². The predicted octanol–water partition coefficient (Wildman–Crippen LogP) is 2.19. The number of benzene rings is 1. The van der Waals surface area contributed by atoms with Gasteiger partial charge in [0.25, 0.3) is 0 Å². The molecule has 1 aromatic carbocycles. The maximum absolute atomic E-state index is 6.00. The summed E-state index contributed by atoms with van der Waals surface area (Å²) in [6.07, 6.45) is 3.62. The molecule has 0 fully saturated rings. The lowest BCUT2D eigenvalue weighted by Gasteiger charge is -2.19. The Labute approximate surface area is 117 Å². The Balaban J connectivity index is 1.97. The Hall–Kier alpha value is -2.56. The van der Waals surface area contributed by atoms with Crippen LogP contribution in [0.2, 0.25) is 0 Å². The molecule has 0 amide bonds. The van der Waals surface area contributed by atoms with Crippen molar-refractivity contribution in [3.05, 3.63) is 48.4 Å². The van der Waals surface area contributed by atoms with Gasteiger partial charge in [-0.05, 0) is 17.7 Å². The number of rotatable bonds is 3. The van der Waals surface area contributed by atoms with Gasteiger partial charge in [-0.15, -0.1) is 0 Å². The fourth-order valence-corrected chi connectivity index (χ4v) is 2.34. The number of imidazole rings is 1. The number of aromatic nitrogens is 3. The second-order valence-electron chi connectivity index (χ2n) is 4.91. The van der Waals surface area contributed by atoms with E-state index in [0.717, 1.165) is 28.1 Å². The van der Waals surface area contributed by atoms with Gasteiger partial charge in [-0.3, -0.25) is 0 Å². The molecule has 0 aliphatic rings. The average Bonchev–Trinajstić information content (AvgIpc) is 2.83. The highest BCUT2D eigenvalue weighted by Crippen LogP contribution is 2.23. The number of aryl methyl sites for hydroxylation is 1. The Morgan fingerprint density at radius 2 is 2.00 bits per heavy atom. The third kappa shape index (κ3) is 2.07. The van der Waals surface area contributed by atoms with Crippen LogP contribution in [0, 0.1) is 0 Å². The lowest BCUT2D eigenvalue weighted by Crippen LogP contribution is -2.18. The fourth-order valence-electron chi connectivity index (χ4n) is 2.34. The van der Waals surface area contributed by atoms with E-state index in [1.54, 1.807) is 6.33 Å². The minimum absolute atomic E-state index is 0.704. The van der Waals surface area contributed by atoms with Gasteiger partial charge < -0.3 is 15.2 Å². The monoisotopic (exact) mass is 267 g/mol. The Morgan fingerprint density at radius 3 is 2.80 bits per heavy atom. The normalized spacial score (nSPS) is 10.9. The number of para-hydroxylation sites is 1. The van der Waals surface area contributed by atoms with Crippen molar-refractivity contribution in [2.24, 2.45) is 7.05 Å². The van der Waals surface area contributed by atoms with E-state index in [4.69, 9.17) is 5.73 Å². The molecule has 102 valence electrons. The van der Waals surface area contributed by atoms with Gasteiger partial charge in [0.15, 0.2) is 5.82 Å². The molecule has 2 heterocycles. The van der Waals surface area contributed by atoms with Gasteiger partial charge >= 0.3 is 0 Å². The van der Waals surface area contributed by atoms with Crippen LogP contribution in [0.3, 0.4) is 0 Å². The van der Waals surface area contributed by atoms with Crippen molar-refractivity contribution in [2.45, 2.75) is 6.54 Å². The van der Waals surface area contributed by atoms with E-state index in [2.05, 4.69) is 14.9 Å². The third-order valence-corrected chi connectivity index (χ3v) is 3.45. The van der Waals surface area contributed by atoms with E-state index in [1.165, 1.54) is 0 Å². The molecule has 3 aromatic rings. The van der Waals surface area contributed by atoms with Crippen LogP contribution in [0.15, 0.2) is 42.9 Å². The first-order valence-corrected chi connectivity index (χ1v) is 6.47. The summed E-state index contributed by atoms with van der Waals surface area (Å²) >= 11 is 0. The van der Waals surface area contributed by atoms with Gasteiger partial charge in [0.1, 0.15) is 5.52 Å². The van der Waals surface area contributed by atoms with Crippen LogP contribution in [0.4, 0.5) is 11.5 Å². The number of anilines is 2. The molecule has 0 aliphatic heterocycles. The smallest absolute Gasteiger partial charge is 0.156 e. The standard InChI is InChI=1S/C15H17N5/c1-19(9-11-5-3-4-6-12(11)16)15-14-13(7-8-17-15)20(2)10-18-14/h3-8,10H,9,16H2,1-2H3. The number of hydrogen-bond acceptors (Lipinski definition) is 4. The molecule has 0 saturated heterocycles. The highest BCUT2D eigenvalue weighted by Gasteiger charge is 2.12. The van der Waals surface area contributed by atoms with Crippen molar-refractivity contribution >= 4 is 22.5 Å². The third-order valence-electron chi connectivity index (χ3n) is 3.45. The van der Waals surface area contributed by atoms with Gasteiger partial charge in [-0.2, -0.15) is 0 Å². The van der Waals surface area contributed by atoms with E-state index in [0.29, 0.717) is 6.54 Å². The van der Waals surface area contributed by atoms with E-state index in [1.807, 2.05) is 55.2 Å². The number of fused-ring (bicyclic) bond motifs is 1. The second kappa shape index (κ2) is 4.85. The zero-order valence-electron chi connectivity index (χ0n) is 11.6. The van der Waals surface area contributed by atoms with E-state index >= 15 is 0 Å². The van der Waals surface area contributed by atoms with Crippen LogP contribution in [0.25, 0.3) is 11.0 Å². The number of nitrogens with two attached hydrogens (primary N) is 1. The molecule has 20 heavy (non-hydrogen) atoms. The van der Waals surface area contributed by atoms with Crippen molar-refractivity contribution in [3.8, 4) is 0 Å². The molecule has 2 N–H and O–H groups in total. The molecule has 0 atom stereocenters. The summed E-state index contributed by atoms with van der Waals surface area (Å²) in [6, 6.07) is 9.85. The van der Waals surface area contributed by atoms with Crippen molar-refractivity contribution in [1.29, 1.82) is 0 Å². The first-order chi connectivity index (χ1) is 9.66. The van der Waals surface area contributed by atoms with Crippen molar-refractivity contribution in [3.63, 3.8) is 0 Å². The summed E-state index contributed by atoms with van der Waals surface area (Å²) in [5, 5.41) is 0. The molecule has 0 unspecified atom stereocenters. The largest absolute Gasteiger partial charge is 0.398 e. The Bertz CT molecular complexity index is 747.